The Morgan fingerprint density at radius 3 is 2.62 bits per heavy atom. The third kappa shape index (κ3) is 3.81. The van der Waals surface area contributed by atoms with Gasteiger partial charge in [-0.05, 0) is 18.1 Å². The summed E-state index contributed by atoms with van der Waals surface area (Å²) in [6.45, 7) is 8.07. The fraction of sp³-hybridized carbons (Fsp3) is 0.417. The van der Waals surface area contributed by atoms with Gasteiger partial charge in [-0.1, -0.05) is 20.4 Å². The summed E-state index contributed by atoms with van der Waals surface area (Å²) in [5.74, 6) is 1.04. The molecule has 0 aliphatic rings. The molecule has 0 saturated heterocycles. The van der Waals surface area contributed by atoms with Crippen LogP contribution >= 0.6 is 0 Å². The third-order valence-corrected chi connectivity index (χ3v) is 2.14. The first-order valence-electron chi connectivity index (χ1n) is 5.34. The summed E-state index contributed by atoms with van der Waals surface area (Å²) in [4.78, 5) is 19.4. The summed E-state index contributed by atoms with van der Waals surface area (Å²) >= 11 is 0. The lowest BCUT2D eigenvalue weighted by Gasteiger charge is -2.05. The van der Waals surface area contributed by atoms with E-state index in [0.717, 1.165) is 17.8 Å². The third-order valence-electron chi connectivity index (χ3n) is 2.14. The Bertz CT molecular complexity index is 357. The molecule has 0 fully saturated rings. The molecule has 1 aromatic heterocycles. The van der Waals surface area contributed by atoms with Gasteiger partial charge in [-0.25, -0.2) is 9.97 Å². The summed E-state index contributed by atoms with van der Waals surface area (Å²) in [5, 5.41) is 2.71. The Hall–Kier alpha value is -1.71. The average Bonchev–Trinajstić information content (AvgIpc) is 2.29. The molecule has 1 amide bonds. The van der Waals surface area contributed by atoms with Gasteiger partial charge >= 0.3 is 0 Å². The molecule has 1 heterocycles. The van der Waals surface area contributed by atoms with Gasteiger partial charge in [0.1, 0.15) is 5.82 Å². The second kappa shape index (κ2) is 6.00. The van der Waals surface area contributed by atoms with Crippen LogP contribution in [0.4, 0.5) is 0 Å². The second-order valence-electron chi connectivity index (χ2n) is 3.85. The maximum absolute atomic E-state index is 10.9. The molecule has 0 aliphatic heterocycles. The highest BCUT2D eigenvalue weighted by Crippen LogP contribution is 2.07. The minimum atomic E-state index is -0.153. The first kappa shape index (κ1) is 12.4. The molecule has 86 valence electrons. The van der Waals surface area contributed by atoms with Crippen LogP contribution in [0.1, 0.15) is 31.2 Å². The minimum Gasteiger partial charge on any atom is -0.352 e. The first-order valence-corrected chi connectivity index (χ1v) is 5.34. The van der Waals surface area contributed by atoms with E-state index in [4.69, 9.17) is 0 Å². The lowest BCUT2D eigenvalue weighted by molar-refractivity contribution is -0.116. The maximum atomic E-state index is 10.9. The zero-order valence-electron chi connectivity index (χ0n) is 9.73. The molecule has 4 heteroatoms. The highest BCUT2D eigenvalue weighted by Gasteiger charge is 2.02. The van der Waals surface area contributed by atoms with E-state index in [1.807, 2.05) is 12.4 Å². The van der Waals surface area contributed by atoms with Crippen LogP contribution in [0.25, 0.3) is 0 Å². The number of nitrogens with one attached hydrogen (secondary N) is 1. The Kier molecular flexibility index (Phi) is 4.64. The fourth-order valence-corrected chi connectivity index (χ4v) is 1.19. The van der Waals surface area contributed by atoms with E-state index in [0.29, 0.717) is 12.5 Å². The van der Waals surface area contributed by atoms with Crippen molar-refractivity contribution in [1.29, 1.82) is 0 Å². The molecule has 1 aromatic rings. The van der Waals surface area contributed by atoms with E-state index in [1.165, 1.54) is 6.08 Å². The molecule has 0 unspecified atom stereocenters. The highest BCUT2D eigenvalue weighted by atomic mass is 16.1. The van der Waals surface area contributed by atoms with Crippen LogP contribution in [0.5, 0.6) is 0 Å². The Balaban J connectivity index is 2.43. The number of carbonyl (C=O) groups is 1. The molecular formula is C12H17N3O. The van der Waals surface area contributed by atoms with Gasteiger partial charge in [0.25, 0.3) is 0 Å². The maximum Gasteiger partial charge on any atom is 0.243 e. The van der Waals surface area contributed by atoms with Crippen molar-refractivity contribution in [2.75, 3.05) is 6.54 Å². The molecular weight excluding hydrogens is 202 g/mol. The van der Waals surface area contributed by atoms with Gasteiger partial charge in [0.05, 0.1) is 0 Å². The van der Waals surface area contributed by atoms with Gasteiger partial charge < -0.3 is 5.32 Å². The van der Waals surface area contributed by atoms with Crippen LogP contribution in [-0.4, -0.2) is 22.4 Å². The fourth-order valence-electron chi connectivity index (χ4n) is 1.19. The standard InChI is InChI=1S/C12H17N3O/c1-4-11(16)13-6-5-10-7-14-12(9(2)3)15-8-10/h4,7-9H,1,5-6H2,2-3H3,(H,13,16). The zero-order chi connectivity index (χ0) is 12.0. The number of hydrogen-bond donors (Lipinski definition) is 1. The van der Waals surface area contributed by atoms with E-state index >= 15 is 0 Å². The van der Waals surface area contributed by atoms with Crippen LogP contribution in [0, 0.1) is 0 Å². The number of aromatic nitrogens is 2. The molecule has 0 bridgehead atoms. The van der Waals surface area contributed by atoms with Crippen molar-refractivity contribution in [2.45, 2.75) is 26.2 Å². The molecule has 0 aliphatic carbocycles. The van der Waals surface area contributed by atoms with Gasteiger partial charge in [-0.3, -0.25) is 4.79 Å². The Labute approximate surface area is 95.8 Å². The Morgan fingerprint density at radius 1 is 1.50 bits per heavy atom. The van der Waals surface area contributed by atoms with Crippen molar-refractivity contribution in [3.8, 4) is 0 Å². The molecule has 16 heavy (non-hydrogen) atoms. The molecule has 0 saturated carbocycles. The molecule has 4 nitrogen and oxygen atoms in total. The van der Waals surface area contributed by atoms with E-state index in [2.05, 4.69) is 35.7 Å². The SMILES string of the molecule is C=CC(=O)NCCc1cnc(C(C)C)nc1. The number of nitrogens with zero attached hydrogens (tertiary/aromatic N) is 2. The van der Waals surface area contributed by atoms with E-state index in [1.54, 1.807) is 0 Å². The molecule has 0 atom stereocenters. The average molecular weight is 219 g/mol. The van der Waals surface area contributed by atoms with Crippen molar-refractivity contribution >= 4 is 5.91 Å². The monoisotopic (exact) mass is 219 g/mol. The molecule has 0 spiro atoms. The summed E-state index contributed by atoms with van der Waals surface area (Å²) in [6, 6.07) is 0. The van der Waals surface area contributed by atoms with Gasteiger partial charge in [0.15, 0.2) is 0 Å². The van der Waals surface area contributed by atoms with Crippen LogP contribution in [0.15, 0.2) is 25.0 Å². The summed E-state index contributed by atoms with van der Waals surface area (Å²) in [7, 11) is 0. The van der Waals surface area contributed by atoms with Gasteiger partial charge in [0, 0.05) is 24.9 Å². The highest BCUT2D eigenvalue weighted by molar-refractivity contribution is 5.86. The zero-order valence-corrected chi connectivity index (χ0v) is 9.73. The number of rotatable bonds is 5. The van der Waals surface area contributed by atoms with Crippen molar-refractivity contribution in [3.63, 3.8) is 0 Å². The van der Waals surface area contributed by atoms with Gasteiger partial charge in [-0.2, -0.15) is 0 Å². The number of amides is 1. The molecule has 0 radical (unpaired) electrons. The largest absolute Gasteiger partial charge is 0.352 e. The smallest absolute Gasteiger partial charge is 0.243 e. The number of hydrogen-bond acceptors (Lipinski definition) is 3. The summed E-state index contributed by atoms with van der Waals surface area (Å²) in [5.41, 5.74) is 1.02. The second-order valence-corrected chi connectivity index (χ2v) is 3.85. The van der Waals surface area contributed by atoms with E-state index in [-0.39, 0.29) is 5.91 Å². The van der Waals surface area contributed by atoms with Crippen LogP contribution in [-0.2, 0) is 11.2 Å². The Morgan fingerprint density at radius 2 is 2.12 bits per heavy atom. The molecule has 1 rings (SSSR count). The van der Waals surface area contributed by atoms with E-state index < -0.39 is 0 Å². The van der Waals surface area contributed by atoms with E-state index in [9.17, 15) is 4.79 Å². The quantitative estimate of drug-likeness (QED) is 0.762. The van der Waals surface area contributed by atoms with Crippen molar-refractivity contribution in [2.24, 2.45) is 0 Å². The first-order chi connectivity index (χ1) is 7.63. The molecule has 1 N–H and O–H groups in total. The normalized spacial score (nSPS) is 10.2. The number of carbonyl (C=O) groups excluding carboxylic acids is 1. The predicted molar refractivity (Wildman–Crippen MR) is 63.0 cm³/mol. The van der Waals surface area contributed by atoms with Crippen LogP contribution < -0.4 is 5.32 Å². The topological polar surface area (TPSA) is 54.9 Å². The van der Waals surface area contributed by atoms with Crippen molar-refractivity contribution < 1.29 is 4.79 Å². The molecule has 0 aromatic carbocycles. The van der Waals surface area contributed by atoms with Crippen LogP contribution in [0.2, 0.25) is 0 Å². The van der Waals surface area contributed by atoms with Crippen molar-refractivity contribution in [1.82, 2.24) is 15.3 Å². The van der Waals surface area contributed by atoms with Gasteiger partial charge in [-0.15, -0.1) is 0 Å². The van der Waals surface area contributed by atoms with Crippen LogP contribution in [0.3, 0.4) is 0 Å². The summed E-state index contributed by atoms with van der Waals surface area (Å²) in [6.07, 6.45) is 5.61. The predicted octanol–water partition coefficient (Wildman–Crippen LogP) is 1.44. The van der Waals surface area contributed by atoms with Gasteiger partial charge in [0.2, 0.25) is 5.91 Å². The summed E-state index contributed by atoms with van der Waals surface area (Å²) < 4.78 is 0. The van der Waals surface area contributed by atoms with Crippen molar-refractivity contribution in [3.05, 3.63) is 36.4 Å². The minimum absolute atomic E-state index is 0.153. The lowest BCUT2D eigenvalue weighted by Crippen LogP contribution is -2.23. The lowest BCUT2D eigenvalue weighted by atomic mass is 10.2.